The molecular weight excluding hydrogens is 520 g/mol. The number of nitrogens with one attached hydrogen (secondary N) is 1. The summed E-state index contributed by atoms with van der Waals surface area (Å²) in [6, 6.07) is 0. The second-order valence-electron chi connectivity index (χ2n) is 13.1. The predicted molar refractivity (Wildman–Crippen MR) is 144 cm³/mol. The maximum atomic E-state index is 14.6. The quantitative estimate of drug-likeness (QED) is 0.350. The Bertz CT molecular complexity index is 1050. The van der Waals surface area contributed by atoms with E-state index in [1.165, 1.54) is 0 Å². The molecule has 0 aromatic carbocycles. The number of carbonyl (C=O) groups is 3. The summed E-state index contributed by atoms with van der Waals surface area (Å²) in [6.07, 6.45) is -1.77. The van der Waals surface area contributed by atoms with Crippen LogP contribution in [-0.4, -0.2) is 96.6 Å². The van der Waals surface area contributed by atoms with Gasteiger partial charge in [-0.15, -0.1) is 6.58 Å². The van der Waals surface area contributed by atoms with Gasteiger partial charge in [0.15, 0.2) is 17.5 Å². The number of hydrogen-bond acceptors (Lipinski definition) is 10. The fourth-order valence-corrected chi connectivity index (χ4v) is 8.16. The maximum Gasteiger partial charge on any atom is 0.407 e. The average Bonchev–Trinajstić information content (AvgIpc) is 2.84. The zero-order chi connectivity index (χ0) is 29.9. The van der Waals surface area contributed by atoms with E-state index >= 15 is 0 Å². The first kappa shape index (κ1) is 30.9. The summed E-state index contributed by atoms with van der Waals surface area (Å²) in [4.78, 5) is 41.3. The number of amides is 1. The molecule has 1 spiro atoms. The highest BCUT2D eigenvalue weighted by atomic mass is 16.7. The van der Waals surface area contributed by atoms with Crippen molar-refractivity contribution in [2.45, 2.75) is 109 Å². The molecule has 4 aliphatic rings. The lowest BCUT2D eigenvalue weighted by Crippen LogP contribution is -2.89. The molecule has 2 aliphatic carbocycles. The highest BCUT2D eigenvalue weighted by Crippen LogP contribution is 2.70. The molecule has 2 saturated carbocycles. The van der Waals surface area contributed by atoms with Crippen LogP contribution < -0.4 is 5.32 Å². The molecule has 0 bridgehead atoms. The van der Waals surface area contributed by atoms with Crippen molar-refractivity contribution in [2.75, 3.05) is 27.2 Å². The fourth-order valence-electron chi connectivity index (χ4n) is 8.16. The number of esters is 1. The van der Waals surface area contributed by atoms with E-state index in [0.717, 1.165) is 6.42 Å². The van der Waals surface area contributed by atoms with Crippen LogP contribution in [0.15, 0.2) is 12.7 Å². The average molecular weight is 567 g/mol. The molecule has 2 heterocycles. The summed E-state index contributed by atoms with van der Waals surface area (Å²) < 4.78 is 30.8. The van der Waals surface area contributed by atoms with Gasteiger partial charge in [0.1, 0.15) is 5.60 Å². The highest BCUT2D eigenvalue weighted by Gasteiger charge is 2.84. The van der Waals surface area contributed by atoms with Crippen LogP contribution in [0.5, 0.6) is 0 Å². The van der Waals surface area contributed by atoms with Gasteiger partial charge in [-0.1, -0.05) is 26.8 Å². The predicted octanol–water partition coefficient (Wildman–Crippen LogP) is 2.54. The molecule has 226 valence electrons. The standard InChI is InChI=1S/C29H46N2O9/c1-10-26(5)16-17(32)29-27(6)18(37-24(39-29)31(8)9)12-14-25(3,4)21(27)20(34)22(28(29,7)40-26)38-23(35)30-15-13-19(33)36-11-2/h10,18,20-22,24,34H,1,11-16H2,2-9H3,(H,30,35)/t18-,20-,21-,22-,24?,26-,27-,28+,29-/m0/s1. The van der Waals surface area contributed by atoms with Crippen LogP contribution in [0.1, 0.15) is 67.2 Å². The molecule has 9 atom stereocenters. The van der Waals surface area contributed by atoms with Crippen LogP contribution >= 0.6 is 0 Å². The number of nitrogens with zero attached hydrogens (tertiary/aromatic N) is 1. The fraction of sp³-hybridized carbons (Fsp3) is 0.828. The van der Waals surface area contributed by atoms with Crippen molar-refractivity contribution < 1.29 is 43.2 Å². The Morgan fingerprint density at radius 1 is 1.23 bits per heavy atom. The van der Waals surface area contributed by atoms with E-state index in [-0.39, 0.29) is 31.8 Å². The Kier molecular flexibility index (Phi) is 7.99. The maximum absolute atomic E-state index is 14.6. The van der Waals surface area contributed by atoms with Crippen LogP contribution in [0.25, 0.3) is 0 Å². The Labute approximate surface area is 236 Å². The molecule has 2 saturated heterocycles. The van der Waals surface area contributed by atoms with Crippen molar-refractivity contribution in [3.8, 4) is 0 Å². The van der Waals surface area contributed by atoms with Gasteiger partial charge in [0, 0.05) is 24.3 Å². The molecule has 2 N–H and O–H groups in total. The molecule has 11 nitrogen and oxygen atoms in total. The Balaban J connectivity index is 1.83. The minimum absolute atomic E-state index is 0.00372. The molecule has 0 aromatic rings. The number of aliphatic hydroxyl groups excluding tert-OH is 1. The third-order valence-electron chi connectivity index (χ3n) is 9.76. The normalized spacial score (nSPS) is 43.8. The molecule has 0 radical (unpaired) electrons. The third-order valence-corrected chi connectivity index (χ3v) is 9.76. The molecular formula is C29H46N2O9. The minimum Gasteiger partial charge on any atom is -0.466 e. The van der Waals surface area contributed by atoms with E-state index in [9.17, 15) is 19.5 Å². The summed E-state index contributed by atoms with van der Waals surface area (Å²) in [5, 5.41) is 14.7. The van der Waals surface area contributed by atoms with Gasteiger partial charge in [-0.3, -0.25) is 14.5 Å². The Hall–Kier alpha value is -2.05. The van der Waals surface area contributed by atoms with Crippen LogP contribution in [0.3, 0.4) is 0 Å². The molecule has 11 heteroatoms. The zero-order valence-corrected chi connectivity index (χ0v) is 25.1. The van der Waals surface area contributed by atoms with E-state index in [1.807, 2.05) is 6.92 Å². The summed E-state index contributed by atoms with van der Waals surface area (Å²) >= 11 is 0. The first-order chi connectivity index (χ1) is 18.5. The highest BCUT2D eigenvalue weighted by molar-refractivity contribution is 5.93. The Morgan fingerprint density at radius 2 is 1.90 bits per heavy atom. The minimum atomic E-state index is -1.63. The number of rotatable bonds is 7. The van der Waals surface area contributed by atoms with Crippen molar-refractivity contribution in [1.29, 1.82) is 0 Å². The molecule has 0 aromatic heterocycles. The molecule has 1 unspecified atom stereocenters. The SMILES string of the molecule is C=C[C@@]1(C)CC(=O)[C@@]23OC(N(C)C)O[C@H]4CCC(C)(C)[C@H]([C@H](O)[C@H](OC(=O)NCCC(=O)OCC)[C@@]2(C)O1)[C@]43C. The number of carbonyl (C=O) groups excluding carboxylic acids is 3. The number of aliphatic hydroxyl groups is 1. The summed E-state index contributed by atoms with van der Waals surface area (Å²) in [7, 11) is 3.60. The molecule has 2 aliphatic heterocycles. The van der Waals surface area contributed by atoms with Crippen LogP contribution in [0, 0.1) is 16.7 Å². The van der Waals surface area contributed by atoms with Gasteiger partial charge in [0.25, 0.3) is 0 Å². The van der Waals surface area contributed by atoms with Gasteiger partial charge < -0.3 is 34.1 Å². The zero-order valence-electron chi connectivity index (χ0n) is 25.1. The van der Waals surface area contributed by atoms with E-state index in [1.54, 1.807) is 45.8 Å². The largest absolute Gasteiger partial charge is 0.466 e. The summed E-state index contributed by atoms with van der Waals surface area (Å²) in [6.45, 7) is 15.3. The first-order valence-electron chi connectivity index (χ1n) is 14.2. The van der Waals surface area contributed by atoms with Crippen LogP contribution in [-0.2, 0) is 33.3 Å². The monoisotopic (exact) mass is 566 g/mol. The van der Waals surface area contributed by atoms with E-state index in [4.69, 9.17) is 23.7 Å². The number of alkyl carbamates (subject to hydrolysis) is 1. The lowest BCUT2D eigenvalue weighted by atomic mass is 9.39. The second kappa shape index (κ2) is 10.3. The number of ketones is 1. The topological polar surface area (TPSA) is 133 Å². The van der Waals surface area contributed by atoms with Gasteiger partial charge in [-0.25, -0.2) is 4.79 Å². The van der Waals surface area contributed by atoms with Crippen molar-refractivity contribution in [2.24, 2.45) is 16.7 Å². The molecule has 4 fully saturated rings. The van der Waals surface area contributed by atoms with Gasteiger partial charge in [0.2, 0.25) is 6.41 Å². The van der Waals surface area contributed by atoms with Crippen molar-refractivity contribution in [3.63, 3.8) is 0 Å². The number of Topliss-reactive ketones (excluding diaryl/α,β-unsaturated/α-hetero) is 1. The number of hydrogen-bond donors (Lipinski definition) is 2. The summed E-state index contributed by atoms with van der Waals surface area (Å²) in [5.41, 5.74) is -5.83. The molecule has 4 rings (SSSR count). The van der Waals surface area contributed by atoms with Gasteiger partial charge >= 0.3 is 12.1 Å². The third kappa shape index (κ3) is 4.40. The number of ether oxygens (including phenoxy) is 5. The van der Waals surface area contributed by atoms with Gasteiger partial charge in [-0.05, 0) is 53.1 Å². The van der Waals surface area contributed by atoms with Crippen molar-refractivity contribution in [3.05, 3.63) is 12.7 Å². The van der Waals surface area contributed by atoms with Crippen LogP contribution in [0.2, 0.25) is 0 Å². The molecule has 40 heavy (non-hydrogen) atoms. The van der Waals surface area contributed by atoms with Crippen molar-refractivity contribution in [1.82, 2.24) is 10.2 Å². The molecule has 1 amide bonds. The lowest BCUT2D eigenvalue weighted by Gasteiger charge is -2.74. The lowest BCUT2D eigenvalue weighted by molar-refractivity contribution is -0.456. The van der Waals surface area contributed by atoms with Crippen LogP contribution in [0.4, 0.5) is 4.79 Å². The first-order valence-corrected chi connectivity index (χ1v) is 14.2. The van der Waals surface area contributed by atoms with Gasteiger partial charge in [0.05, 0.1) is 30.8 Å². The Morgan fingerprint density at radius 3 is 2.50 bits per heavy atom. The van der Waals surface area contributed by atoms with Gasteiger partial charge in [-0.2, -0.15) is 0 Å². The van der Waals surface area contributed by atoms with E-state index in [2.05, 4.69) is 25.7 Å². The summed E-state index contributed by atoms with van der Waals surface area (Å²) in [5.74, 6) is -1.21. The second-order valence-corrected chi connectivity index (χ2v) is 13.1. The van der Waals surface area contributed by atoms with E-state index in [0.29, 0.717) is 6.42 Å². The van der Waals surface area contributed by atoms with E-state index < -0.39 is 70.3 Å². The smallest absolute Gasteiger partial charge is 0.407 e. The van der Waals surface area contributed by atoms with Crippen molar-refractivity contribution >= 4 is 17.8 Å².